The Hall–Kier alpha value is -3.72. The zero-order valence-corrected chi connectivity index (χ0v) is 19.7. The van der Waals surface area contributed by atoms with E-state index in [1.165, 1.54) is 29.2 Å². The number of nitro groups is 1. The first-order chi connectivity index (χ1) is 16.1. The second-order valence-electron chi connectivity index (χ2n) is 8.87. The summed E-state index contributed by atoms with van der Waals surface area (Å²) < 4.78 is 5.67. The van der Waals surface area contributed by atoms with Gasteiger partial charge in [0, 0.05) is 30.8 Å². The topological polar surface area (TPSA) is 113 Å². The molecular formula is C25H29N3O6. The number of hydrogen-bond donors (Lipinski definition) is 1. The van der Waals surface area contributed by atoms with Crippen molar-refractivity contribution in [1.29, 1.82) is 0 Å². The Morgan fingerprint density at radius 2 is 1.74 bits per heavy atom. The van der Waals surface area contributed by atoms with Gasteiger partial charge >= 0.3 is 0 Å². The fourth-order valence-electron chi connectivity index (χ4n) is 3.67. The van der Waals surface area contributed by atoms with Gasteiger partial charge in [-0.1, -0.05) is 13.8 Å². The van der Waals surface area contributed by atoms with E-state index in [2.05, 4.69) is 0 Å². The number of nitro benzene ring substituents is 1. The fourth-order valence-corrected chi connectivity index (χ4v) is 3.67. The number of likely N-dealkylation sites (N-methyl/N-ethyl adjacent to an activating group) is 1. The van der Waals surface area contributed by atoms with Gasteiger partial charge in [0.1, 0.15) is 11.5 Å². The van der Waals surface area contributed by atoms with E-state index in [1.54, 1.807) is 24.3 Å². The van der Waals surface area contributed by atoms with Crippen LogP contribution in [-0.4, -0.2) is 65.3 Å². The molecular weight excluding hydrogens is 438 g/mol. The second-order valence-corrected chi connectivity index (χ2v) is 8.87. The van der Waals surface area contributed by atoms with Crippen LogP contribution in [0.25, 0.3) is 5.76 Å². The van der Waals surface area contributed by atoms with Crippen molar-refractivity contribution in [3.05, 3.63) is 75.3 Å². The SMILES string of the molecule is CC(C)COc1ccc(C(O)=C2C(=O)C(=O)N(CCN(C)C)[C@H]2c2ccc([N+](=O)[O-])cc2)cc1. The van der Waals surface area contributed by atoms with Crippen LogP contribution in [0.2, 0.25) is 0 Å². The lowest BCUT2D eigenvalue weighted by Crippen LogP contribution is -2.35. The number of aliphatic hydroxyl groups is 1. The second kappa shape index (κ2) is 10.5. The number of benzene rings is 2. The molecule has 1 saturated heterocycles. The van der Waals surface area contributed by atoms with E-state index in [0.717, 1.165) is 0 Å². The smallest absolute Gasteiger partial charge is 0.295 e. The van der Waals surface area contributed by atoms with Gasteiger partial charge in [-0.2, -0.15) is 0 Å². The van der Waals surface area contributed by atoms with E-state index in [9.17, 15) is 24.8 Å². The summed E-state index contributed by atoms with van der Waals surface area (Å²) in [6, 6.07) is 11.4. The molecule has 1 atom stereocenters. The maximum atomic E-state index is 13.0. The zero-order valence-electron chi connectivity index (χ0n) is 19.7. The number of likely N-dealkylation sites (tertiary alicyclic amines) is 1. The maximum absolute atomic E-state index is 13.0. The molecule has 0 aliphatic carbocycles. The van der Waals surface area contributed by atoms with E-state index in [-0.39, 0.29) is 23.6 Å². The Bertz CT molecular complexity index is 1090. The summed E-state index contributed by atoms with van der Waals surface area (Å²) in [5, 5.41) is 22.2. The average Bonchev–Trinajstić information content (AvgIpc) is 3.06. The predicted octanol–water partition coefficient (Wildman–Crippen LogP) is 3.61. The fraction of sp³-hybridized carbons (Fsp3) is 0.360. The van der Waals surface area contributed by atoms with Gasteiger partial charge in [-0.15, -0.1) is 0 Å². The molecule has 0 unspecified atom stereocenters. The van der Waals surface area contributed by atoms with Gasteiger partial charge in [0.05, 0.1) is 23.1 Å². The number of aliphatic hydroxyl groups excluding tert-OH is 1. The molecule has 1 fully saturated rings. The van der Waals surface area contributed by atoms with Crippen LogP contribution >= 0.6 is 0 Å². The van der Waals surface area contributed by atoms with Crippen LogP contribution in [0.5, 0.6) is 5.75 Å². The molecule has 1 N–H and O–H groups in total. The van der Waals surface area contributed by atoms with Crippen LogP contribution < -0.4 is 4.74 Å². The van der Waals surface area contributed by atoms with Crippen molar-refractivity contribution < 1.29 is 24.4 Å². The first-order valence-corrected chi connectivity index (χ1v) is 11.0. The molecule has 9 nitrogen and oxygen atoms in total. The highest BCUT2D eigenvalue weighted by Crippen LogP contribution is 2.39. The summed E-state index contributed by atoms with van der Waals surface area (Å²) >= 11 is 0. The van der Waals surface area contributed by atoms with Crippen molar-refractivity contribution in [3.63, 3.8) is 0 Å². The summed E-state index contributed by atoms with van der Waals surface area (Å²) in [4.78, 5) is 39.8. The minimum absolute atomic E-state index is 0.0477. The molecule has 34 heavy (non-hydrogen) atoms. The lowest BCUT2D eigenvalue weighted by Gasteiger charge is -2.26. The molecule has 9 heteroatoms. The van der Waals surface area contributed by atoms with E-state index in [4.69, 9.17) is 4.74 Å². The summed E-state index contributed by atoms with van der Waals surface area (Å²) in [6.07, 6.45) is 0. The van der Waals surface area contributed by atoms with Crippen LogP contribution in [0.4, 0.5) is 5.69 Å². The molecule has 0 aromatic heterocycles. The Morgan fingerprint density at radius 1 is 1.12 bits per heavy atom. The van der Waals surface area contributed by atoms with Crippen molar-refractivity contribution in [1.82, 2.24) is 9.80 Å². The molecule has 1 aliphatic rings. The van der Waals surface area contributed by atoms with Crippen molar-refractivity contribution in [2.75, 3.05) is 33.8 Å². The normalized spacial score (nSPS) is 17.6. The third-order valence-corrected chi connectivity index (χ3v) is 5.46. The van der Waals surface area contributed by atoms with Crippen LogP contribution in [-0.2, 0) is 9.59 Å². The average molecular weight is 468 g/mol. The Balaban J connectivity index is 2.04. The molecule has 1 amide bonds. The molecule has 0 radical (unpaired) electrons. The van der Waals surface area contributed by atoms with Gasteiger partial charge in [0.2, 0.25) is 0 Å². The van der Waals surface area contributed by atoms with Gasteiger partial charge < -0.3 is 19.6 Å². The highest BCUT2D eigenvalue weighted by Gasteiger charge is 2.46. The van der Waals surface area contributed by atoms with E-state index in [0.29, 0.717) is 35.9 Å². The standard InChI is InChI=1S/C25H29N3O6/c1-16(2)15-34-20-11-7-18(8-12-20)23(29)21-22(17-5-9-19(10-6-17)28(32)33)27(14-13-26(3)4)25(31)24(21)30/h5-12,16,22,29H,13-15H2,1-4H3/t22-/m0/s1. The summed E-state index contributed by atoms with van der Waals surface area (Å²) in [5.74, 6) is -0.829. The Kier molecular flexibility index (Phi) is 7.68. The number of ketones is 1. The third-order valence-electron chi connectivity index (χ3n) is 5.46. The van der Waals surface area contributed by atoms with Gasteiger partial charge in [0.15, 0.2) is 0 Å². The quantitative estimate of drug-likeness (QED) is 0.197. The van der Waals surface area contributed by atoms with Crippen LogP contribution in [0.3, 0.4) is 0 Å². The van der Waals surface area contributed by atoms with Crippen LogP contribution in [0.15, 0.2) is 54.1 Å². The largest absolute Gasteiger partial charge is 0.507 e. The maximum Gasteiger partial charge on any atom is 0.295 e. The minimum atomic E-state index is -0.863. The number of amides is 1. The van der Waals surface area contributed by atoms with Crippen molar-refractivity contribution in [2.24, 2.45) is 5.92 Å². The number of carbonyl (C=O) groups excluding carboxylic acids is 2. The first-order valence-electron chi connectivity index (χ1n) is 11.0. The van der Waals surface area contributed by atoms with Gasteiger partial charge in [0.25, 0.3) is 17.4 Å². The number of ether oxygens (including phenoxy) is 1. The van der Waals surface area contributed by atoms with Crippen LogP contribution in [0.1, 0.15) is 31.0 Å². The summed E-state index contributed by atoms with van der Waals surface area (Å²) in [7, 11) is 3.70. The van der Waals surface area contributed by atoms with E-state index in [1.807, 2.05) is 32.8 Å². The number of hydrogen-bond acceptors (Lipinski definition) is 7. The van der Waals surface area contributed by atoms with E-state index < -0.39 is 22.7 Å². The molecule has 1 heterocycles. The highest BCUT2D eigenvalue weighted by atomic mass is 16.6. The zero-order chi connectivity index (χ0) is 25.0. The van der Waals surface area contributed by atoms with E-state index >= 15 is 0 Å². The Morgan fingerprint density at radius 3 is 2.26 bits per heavy atom. The molecule has 2 aromatic rings. The molecule has 1 aliphatic heterocycles. The highest BCUT2D eigenvalue weighted by molar-refractivity contribution is 6.46. The molecule has 3 rings (SSSR count). The molecule has 0 bridgehead atoms. The van der Waals surface area contributed by atoms with Gasteiger partial charge in [-0.25, -0.2) is 0 Å². The molecule has 2 aromatic carbocycles. The van der Waals surface area contributed by atoms with Crippen LogP contribution in [0, 0.1) is 16.0 Å². The molecule has 180 valence electrons. The number of non-ortho nitro benzene ring substituents is 1. The summed E-state index contributed by atoms with van der Waals surface area (Å²) in [5.41, 5.74) is 0.718. The van der Waals surface area contributed by atoms with Gasteiger partial charge in [-0.05, 0) is 62.0 Å². The van der Waals surface area contributed by atoms with Gasteiger partial charge in [-0.3, -0.25) is 19.7 Å². The van der Waals surface area contributed by atoms with Crippen molar-refractivity contribution in [2.45, 2.75) is 19.9 Å². The molecule has 0 spiro atoms. The minimum Gasteiger partial charge on any atom is -0.507 e. The Labute approximate surface area is 198 Å². The lowest BCUT2D eigenvalue weighted by atomic mass is 9.95. The monoisotopic (exact) mass is 467 g/mol. The number of Topliss-reactive ketones (excluding diaryl/α,β-unsaturated/α-hetero) is 1. The predicted molar refractivity (Wildman–Crippen MR) is 127 cm³/mol. The number of rotatable bonds is 9. The van der Waals surface area contributed by atoms with Crippen molar-refractivity contribution in [3.8, 4) is 5.75 Å². The van der Waals surface area contributed by atoms with Crippen molar-refractivity contribution >= 4 is 23.1 Å². The number of carbonyl (C=O) groups is 2. The third kappa shape index (κ3) is 5.43. The lowest BCUT2D eigenvalue weighted by molar-refractivity contribution is -0.384. The summed E-state index contributed by atoms with van der Waals surface area (Å²) in [6.45, 7) is 5.36. The first kappa shape index (κ1) is 24.9. The molecule has 0 saturated carbocycles. The number of nitrogens with zero attached hydrogens (tertiary/aromatic N) is 3.